The summed E-state index contributed by atoms with van der Waals surface area (Å²) in [5, 5.41) is 0. The van der Waals surface area contributed by atoms with Crippen molar-refractivity contribution in [3.05, 3.63) is 49.6 Å². The van der Waals surface area contributed by atoms with Gasteiger partial charge in [-0.15, -0.1) is 11.3 Å². The minimum Gasteiger partial charge on any atom is -0.496 e. The minimum atomic E-state index is -0.0772. The molecular formula is C26H36N4O3S. The molecule has 0 aliphatic carbocycles. The van der Waals surface area contributed by atoms with Crippen LogP contribution in [0, 0.1) is 0 Å². The fourth-order valence-corrected chi connectivity index (χ4v) is 6.67. The molecule has 0 unspecified atom stereocenters. The van der Waals surface area contributed by atoms with Crippen LogP contribution in [0.15, 0.2) is 23.0 Å². The Morgan fingerprint density at radius 1 is 0.882 bits per heavy atom. The Morgan fingerprint density at radius 3 is 2.21 bits per heavy atom. The van der Waals surface area contributed by atoms with Crippen molar-refractivity contribution in [2.75, 3.05) is 46.4 Å². The maximum Gasteiger partial charge on any atom is 0.259 e. The molecule has 2 aromatic rings. The van der Waals surface area contributed by atoms with Crippen molar-refractivity contribution < 1.29 is 9.53 Å². The Kier molecular flexibility index (Phi) is 7.37. The third kappa shape index (κ3) is 5.09. The summed E-state index contributed by atoms with van der Waals surface area (Å²) in [5.74, 6) is 0.425. The van der Waals surface area contributed by atoms with Crippen molar-refractivity contribution in [1.82, 2.24) is 19.3 Å². The number of likely N-dealkylation sites (tertiary alicyclic amines) is 2. The summed E-state index contributed by atoms with van der Waals surface area (Å²) in [6.07, 6.45) is 6.75. The van der Waals surface area contributed by atoms with Crippen molar-refractivity contribution in [3.63, 3.8) is 0 Å². The SMILES string of the molecule is COc1cc(=O)n2c(c1C(=O)N1CCCC1)CCN(Cc1ccc(CN3CCCCC3)s1)CC2. The first-order valence-corrected chi connectivity index (χ1v) is 13.6. The molecule has 0 bridgehead atoms. The van der Waals surface area contributed by atoms with Gasteiger partial charge in [-0.2, -0.15) is 0 Å². The molecule has 0 spiro atoms. The summed E-state index contributed by atoms with van der Waals surface area (Å²) in [6, 6.07) is 6.04. The second kappa shape index (κ2) is 10.6. The summed E-state index contributed by atoms with van der Waals surface area (Å²) in [5.41, 5.74) is 1.35. The first kappa shape index (κ1) is 23.6. The quantitative estimate of drug-likeness (QED) is 0.630. The zero-order chi connectivity index (χ0) is 23.5. The van der Waals surface area contributed by atoms with Crippen molar-refractivity contribution in [3.8, 4) is 5.75 Å². The van der Waals surface area contributed by atoms with Gasteiger partial charge in [0.15, 0.2) is 0 Å². The number of amides is 1. The molecule has 2 fully saturated rings. The van der Waals surface area contributed by atoms with E-state index < -0.39 is 0 Å². The lowest BCUT2D eigenvalue weighted by atomic mass is 10.1. The van der Waals surface area contributed by atoms with Crippen LogP contribution in [0.2, 0.25) is 0 Å². The molecule has 3 aliphatic heterocycles. The third-order valence-electron chi connectivity index (χ3n) is 7.44. The van der Waals surface area contributed by atoms with E-state index >= 15 is 0 Å². The molecule has 0 saturated carbocycles. The van der Waals surface area contributed by atoms with Gasteiger partial charge in [0.1, 0.15) is 11.3 Å². The summed E-state index contributed by atoms with van der Waals surface area (Å²) in [4.78, 5) is 36.0. The van der Waals surface area contributed by atoms with Crippen LogP contribution in [0.5, 0.6) is 5.75 Å². The van der Waals surface area contributed by atoms with Gasteiger partial charge in [0.2, 0.25) is 0 Å². The van der Waals surface area contributed by atoms with Crippen LogP contribution >= 0.6 is 11.3 Å². The molecular weight excluding hydrogens is 448 g/mol. The predicted octanol–water partition coefficient (Wildman–Crippen LogP) is 3.20. The van der Waals surface area contributed by atoms with Crippen LogP contribution in [0.25, 0.3) is 0 Å². The lowest BCUT2D eigenvalue weighted by Crippen LogP contribution is -2.33. The number of hydrogen-bond donors (Lipinski definition) is 0. The van der Waals surface area contributed by atoms with Gasteiger partial charge < -0.3 is 14.2 Å². The Bertz CT molecular complexity index is 1070. The van der Waals surface area contributed by atoms with E-state index in [0.29, 0.717) is 24.3 Å². The molecule has 0 atom stereocenters. The number of rotatable bonds is 6. The highest BCUT2D eigenvalue weighted by atomic mass is 32.1. The van der Waals surface area contributed by atoms with Gasteiger partial charge in [-0.3, -0.25) is 19.4 Å². The number of carbonyl (C=O) groups is 1. The topological polar surface area (TPSA) is 58.0 Å². The molecule has 7 nitrogen and oxygen atoms in total. The van der Waals surface area contributed by atoms with Crippen molar-refractivity contribution >= 4 is 17.2 Å². The molecule has 34 heavy (non-hydrogen) atoms. The van der Waals surface area contributed by atoms with Crippen LogP contribution in [0.4, 0.5) is 0 Å². The summed E-state index contributed by atoms with van der Waals surface area (Å²) in [7, 11) is 1.55. The van der Waals surface area contributed by atoms with E-state index in [2.05, 4.69) is 21.9 Å². The van der Waals surface area contributed by atoms with Crippen molar-refractivity contribution in [2.24, 2.45) is 0 Å². The van der Waals surface area contributed by atoms with Gasteiger partial charge in [0.25, 0.3) is 11.5 Å². The predicted molar refractivity (Wildman–Crippen MR) is 135 cm³/mol. The third-order valence-corrected chi connectivity index (χ3v) is 8.49. The smallest absolute Gasteiger partial charge is 0.259 e. The lowest BCUT2D eigenvalue weighted by molar-refractivity contribution is 0.0787. The second-order valence-electron chi connectivity index (χ2n) is 9.75. The van der Waals surface area contributed by atoms with E-state index in [-0.39, 0.29) is 11.5 Å². The van der Waals surface area contributed by atoms with Gasteiger partial charge >= 0.3 is 0 Å². The fourth-order valence-electron chi connectivity index (χ4n) is 5.57. The number of thiophene rings is 1. The highest BCUT2D eigenvalue weighted by Gasteiger charge is 2.29. The lowest BCUT2D eigenvalue weighted by Gasteiger charge is -2.25. The first-order chi connectivity index (χ1) is 16.6. The maximum absolute atomic E-state index is 13.4. The monoisotopic (exact) mass is 484 g/mol. The maximum atomic E-state index is 13.4. The van der Waals surface area contributed by atoms with Crippen molar-refractivity contribution in [1.29, 1.82) is 0 Å². The average molecular weight is 485 g/mol. The molecule has 0 aromatic carbocycles. The Balaban J connectivity index is 1.30. The number of carbonyl (C=O) groups excluding carboxylic acids is 1. The standard InChI is InChI=1S/C26H36N4O3S/c1-33-23-17-24(31)30-16-15-28(14-9-22(30)25(23)26(32)29-12-5-6-13-29)19-21-8-7-20(34-21)18-27-10-3-2-4-11-27/h7-8,17H,2-6,9-16,18-19H2,1H3. The van der Waals surface area contributed by atoms with Gasteiger partial charge in [0, 0.05) is 73.7 Å². The molecule has 184 valence electrons. The number of ether oxygens (including phenoxy) is 1. The van der Waals surface area contributed by atoms with E-state index in [1.165, 1.54) is 48.2 Å². The van der Waals surface area contributed by atoms with Crippen molar-refractivity contribution in [2.45, 2.75) is 58.2 Å². The highest BCUT2D eigenvalue weighted by Crippen LogP contribution is 2.27. The number of piperidine rings is 1. The summed E-state index contributed by atoms with van der Waals surface area (Å²) < 4.78 is 7.33. The molecule has 5 rings (SSSR count). The molecule has 2 aromatic heterocycles. The summed E-state index contributed by atoms with van der Waals surface area (Å²) in [6.45, 7) is 8.18. The average Bonchev–Trinajstić information content (AvgIpc) is 3.49. The van der Waals surface area contributed by atoms with Crippen LogP contribution in [-0.2, 0) is 26.1 Å². The van der Waals surface area contributed by atoms with E-state index in [1.807, 2.05) is 20.8 Å². The van der Waals surface area contributed by atoms with Gasteiger partial charge in [0.05, 0.1) is 7.11 Å². The van der Waals surface area contributed by atoms with Crippen LogP contribution in [-0.4, -0.2) is 71.6 Å². The van der Waals surface area contributed by atoms with E-state index in [1.54, 1.807) is 7.11 Å². The molecule has 5 heterocycles. The first-order valence-electron chi connectivity index (χ1n) is 12.7. The molecule has 3 aliphatic rings. The highest BCUT2D eigenvalue weighted by molar-refractivity contribution is 7.11. The largest absolute Gasteiger partial charge is 0.496 e. The van der Waals surface area contributed by atoms with Crippen LogP contribution in [0.1, 0.15) is 57.9 Å². The Hall–Kier alpha value is -2.16. The van der Waals surface area contributed by atoms with E-state index in [9.17, 15) is 9.59 Å². The van der Waals surface area contributed by atoms with Gasteiger partial charge in [-0.25, -0.2) is 0 Å². The number of fused-ring (bicyclic) bond motifs is 1. The number of aromatic nitrogens is 1. The van der Waals surface area contributed by atoms with Gasteiger partial charge in [-0.1, -0.05) is 6.42 Å². The molecule has 8 heteroatoms. The normalized spacial score (nSPS) is 19.7. The number of nitrogens with zero attached hydrogens (tertiary/aromatic N) is 4. The van der Waals surface area contributed by atoms with Gasteiger partial charge in [-0.05, 0) is 50.9 Å². The zero-order valence-electron chi connectivity index (χ0n) is 20.3. The van der Waals surface area contributed by atoms with Crippen LogP contribution < -0.4 is 10.3 Å². The molecule has 0 N–H and O–H groups in total. The minimum absolute atomic E-state index is 0.00663. The van der Waals surface area contributed by atoms with Crippen LogP contribution in [0.3, 0.4) is 0 Å². The Morgan fingerprint density at radius 2 is 1.53 bits per heavy atom. The Labute approximate surface area is 205 Å². The van der Waals surface area contributed by atoms with E-state index in [4.69, 9.17) is 4.74 Å². The molecule has 0 radical (unpaired) electrons. The molecule has 1 amide bonds. The fraction of sp³-hybridized carbons (Fsp3) is 0.615. The molecule has 2 saturated heterocycles. The second-order valence-corrected chi connectivity index (χ2v) is 11.0. The zero-order valence-corrected chi connectivity index (χ0v) is 21.1. The van der Waals surface area contributed by atoms with E-state index in [0.717, 1.165) is 57.8 Å². The number of methoxy groups -OCH3 is 1. The number of hydrogen-bond acceptors (Lipinski definition) is 6. The number of pyridine rings is 1. The summed E-state index contributed by atoms with van der Waals surface area (Å²) >= 11 is 1.91.